The summed E-state index contributed by atoms with van der Waals surface area (Å²) in [5, 5.41) is 6.35. The summed E-state index contributed by atoms with van der Waals surface area (Å²) in [4.78, 5) is 12.2. The third kappa shape index (κ3) is 6.18. The van der Waals surface area contributed by atoms with E-state index >= 15 is 0 Å². The van der Waals surface area contributed by atoms with E-state index in [1.54, 1.807) is 0 Å². The molecule has 1 heterocycles. The van der Waals surface area contributed by atoms with Crippen molar-refractivity contribution in [2.45, 2.75) is 32.1 Å². The highest BCUT2D eigenvalue weighted by Gasteiger charge is 2.20. The Balaban J connectivity index is 0.00000225. The number of aryl methyl sites for hydroxylation is 2. The molecule has 1 aliphatic rings. The van der Waals surface area contributed by atoms with E-state index in [2.05, 4.69) is 53.1 Å². The number of carbonyl (C=O) groups is 1. The van der Waals surface area contributed by atoms with Crippen molar-refractivity contribution in [1.29, 1.82) is 0 Å². The van der Waals surface area contributed by atoms with Gasteiger partial charge in [0.05, 0.1) is 0 Å². The minimum atomic E-state index is 0. The summed E-state index contributed by atoms with van der Waals surface area (Å²) in [5.41, 5.74) is 3.62. The predicted octanol–water partition coefficient (Wildman–Crippen LogP) is 4.22. The molecule has 134 valence electrons. The smallest absolute Gasteiger partial charge is 0.227 e. The number of amides is 1. The molecule has 0 saturated carbocycles. The maximum absolute atomic E-state index is 12.2. The number of halogens is 1. The Morgan fingerprint density at radius 3 is 2.16 bits per heavy atom. The van der Waals surface area contributed by atoms with E-state index in [1.807, 2.05) is 12.1 Å². The van der Waals surface area contributed by atoms with Crippen molar-refractivity contribution in [3.8, 4) is 0 Å². The molecule has 1 saturated heterocycles. The summed E-state index contributed by atoms with van der Waals surface area (Å²) in [6.07, 6.45) is 5.18. The first-order valence-corrected chi connectivity index (χ1v) is 8.96. The summed E-state index contributed by atoms with van der Waals surface area (Å²) in [6, 6.07) is 18.9. The first kappa shape index (κ1) is 19.5. The van der Waals surface area contributed by atoms with E-state index < -0.39 is 0 Å². The Hall–Kier alpha value is -1.84. The molecule has 1 aliphatic heterocycles. The van der Waals surface area contributed by atoms with Gasteiger partial charge in [0.2, 0.25) is 5.91 Å². The highest BCUT2D eigenvalue weighted by atomic mass is 35.5. The minimum Gasteiger partial charge on any atom is -0.326 e. The Morgan fingerprint density at radius 1 is 0.920 bits per heavy atom. The van der Waals surface area contributed by atoms with Crippen LogP contribution in [0.1, 0.15) is 30.4 Å². The van der Waals surface area contributed by atoms with Gasteiger partial charge in [-0.25, -0.2) is 0 Å². The van der Waals surface area contributed by atoms with Crippen LogP contribution in [0.4, 0.5) is 5.69 Å². The Labute approximate surface area is 156 Å². The molecule has 0 aromatic heterocycles. The van der Waals surface area contributed by atoms with Gasteiger partial charge >= 0.3 is 0 Å². The number of hydrogen-bond donors (Lipinski definition) is 2. The number of piperidine rings is 1. The Morgan fingerprint density at radius 2 is 1.52 bits per heavy atom. The molecule has 1 fully saturated rings. The van der Waals surface area contributed by atoms with Crippen LogP contribution < -0.4 is 10.6 Å². The number of rotatable bonds is 6. The van der Waals surface area contributed by atoms with Crippen LogP contribution in [0.15, 0.2) is 54.6 Å². The second-order valence-corrected chi connectivity index (χ2v) is 6.55. The third-order valence-corrected chi connectivity index (χ3v) is 4.71. The first-order valence-electron chi connectivity index (χ1n) is 8.96. The zero-order valence-electron chi connectivity index (χ0n) is 14.5. The standard InChI is InChI=1S/C21H26N2O.ClH/c24-21(19-13-15-22-16-14-19)23-20-11-9-18(10-12-20)8-4-7-17-5-2-1-3-6-17;/h1-3,5-6,9-12,19,22H,4,7-8,13-16H2,(H,23,24);1H. The lowest BCUT2D eigenvalue weighted by atomic mass is 9.97. The molecule has 0 bridgehead atoms. The average molecular weight is 359 g/mol. The van der Waals surface area contributed by atoms with Gasteiger partial charge in [0.15, 0.2) is 0 Å². The van der Waals surface area contributed by atoms with E-state index in [-0.39, 0.29) is 24.2 Å². The quantitative estimate of drug-likeness (QED) is 0.811. The van der Waals surface area contributed by atoms with Crippen LogP contribution in [0.2, 0.25) is 0 Å². The summed E-state index contributed by atoms with van der Waals surface area (Å²) >= 11 is 0. The van der Waals surface area contributed by atoms with Gasteiger partial charge in [-0.3, -0.25) is 4.79 Å². The largest absolute Gasteiger partial charge is 0.326 e. The second kappa shape index (κ2) is 10.2. The highest BCUT2D eigenvalue weighted by molar-refractivity contribution is 5.92. The predicted molar refractivity (Wildman–Crippen MR) is 106 cm³/mol. The van der Waals surface area contributed by atoms with Gasteiger partial charge in [0, 0.05) is 11.6 Å². The third-order valence-electron chi connectivity index (χ3n) is 4.71. The monoisotopic (exact) mass is 358 g/mol. The van der Waals surface area contributed by atoms with E-state index in [1.165, 1.54) is 11.1 Å². The molecule has 2 aromatic rings. The molecule has 0 unspecified atom stereocenters. The fourth-order valence-corrected chi connectivity index (χ4v) is 3.22. The van der Waals surface area contributed by atoms with Crippen LogP contribution in [0.3, 0.4) is 0 Å². The van der Waals surface area contributed by atoms with Gasteiger partial charge in [-0.2, -0.15) is 0 Å². The van der Waals surface area contributed by atoms with Crippen molar-refractivity contribution in [2.24, 2.45) is 5.92 Å². The van der Waals surface area contributed by atoms with E-state index in [0.29, 0.717) is 0 Å². The summed E-state index contributed by atoms with van der Waals surface area (Å²) in [5.74, 6) is 0.310. The van der Waals surface area contributed by atoms with Gasteiger partial charge in [-0.15, -0.1) is 12.4 Å². The molecule has 2 N–H and O–H groups in total. The molecule has 3 rings (SSSR count). The maximum atomic E-state index is 12.2. The number of benzene rings is 2. The Bertz CT molecular complexity index is 637. The number of carbonyl (C=O) groups excluding carboxylic acids is 1. The minimum absolute atomic E-state index is 0. The maximum Gasteiger partial charge on any atom is 0.227 e. The average Bonchev–Trinajstić information content (AvgIpc) is 2.65. The lowest BCUT2D eigenvalue weighted by Gasteiger charge is -2.21. The molecule has 0 aliphatic carbocycles. The van der Waals surface area contributed by atoms with E-state index in [0.717, 1.165) is 50.9 Å². The molecule has 2 aromatic carbocycles. The molecule has 0 atom stereocenters. The summed E-state index contributed by atoms with van der Waals surface area (Å²) in [6.45, 7) is 1.89. The van der Waals surface area contributed by atoms with Crippen LogP contribution in [-0.2, 0) is 17.6 Å². The second-order valence-electron chi connectivity index (χ2n) is 6.55. The van der Waals surface area contributed by atoms with Crippen LogP contribution in [0.5, 0.6) is 0 Å². The molecule has 25 heavy (non-hydrogen) atoms. The van der Waals surface area contributed by atoms with Crippen molar-refractivity contribution in [1.82, 2.24) is 5.32 Å². The van der Waals surface area contributed by atoms with Crippen molar-refractivity contribution >= 4 is 24.0 Å². The van der Waals surface area contributed by atoms with E-state index in [4.69, 9.17) is 0 Å². The number of nitrogens with one attached hydrogen (secondary N) is 2. The zero-order chi connectivity index (χ0) is 16.6. The first-order chi connectivity index (χ1) is 11.8. The molecule has 0 spiro atoms. The van der Waals surface area contributed by atoms with Gasteiger partial charge in [-0.05, 0) is 68.5 Å². The number of hydrogen-bond acceptors (Lipinski definition) is 2. The van der Waals surface area contributed by atoms with Crippen LogP contribution >= 0.6 is 12.4 Å². The fourth-order valence-electron chi connectivity index (χ4n) is 3.22. The topological polar surface area (TPSA) is 41.1 Å². The zero-order valence-corrected chi connectivity index (χ0v) is 15.4. The van der Waals surface area contributed by atoms with Crippen molar-refractivity contribution in [3.63, 3.8) is 0 Å². The highest BCUT2D eigenvalue weighted by Crippen LogP contribution is 2.17. The van der Waals surface area contributed by atoms with Crippen LogP contribution in [0, 0.1) is 5.92 Å². The SMILES string of the molecule is Cl.O=C(Nc1ccc(CCCc2ccccc2)cc1)C1CCNCC1. The lowest BCUT2D eigenvalue weighted by Crippen LogP contribution is -2.34. The van der Waals surface area contributed by atoms with Gasteiger partial charge in [-0.1, -0.05) is 42.5 Å². The van der Waals surface area contributed by atoms with Crippen molar-refractivity contribution < 1.29 is 4.79 Å². The summed E-state index contributed by atoms with van der Waals surface area (Å²) < 4.78 is 0. The molecule has 0 radical (unpaired) electrons. The van der Waals surface area contributed by atoms with Crippen molar-refractivity contribution in [3.05, 3.63) is 65.7 Å². The molecule has 3 nitrogen and oxygen atoms in total. The normalized spacial score (nSPS) is 14.6. The van der Waals surface area contributed by atoms with Crippen LogP contribution in [0.25, 0.3) is 0 Å². The van der Waals surface area contributed by atoms with Crippen molar-refractivity contribution in [2.75, 3.05) is 18.4 Å². The molecule has 1 amide bonds. The summed E-state index contributed by atoms with van der Waals surface area (Å²) in [7, 11) is 0. The van der Waals surface area contributed by atoms with Gasteiger partial charge < -0.3 is 10.6 Å². The molecular formula is C21H27ClN2O. The lowest BCUT2D eigenvalue weighted by molar-refractivity contribution is -0.120. The van der Waals surface area contributed by atoms with Gasteiger partial charge in [0.1, 0.15) is 0 Å². The van der Waals surface area contributed by atoms with Gasteiger partial charge in [0.25, 0.3) is 0 Å². The fraction of sp³-hybridized carbons (Fsp3) is 0.381. The number of anilines is 1. The molecular weight excluding hydrogens is 332 g/mol. The molecule has 4 heteroatoms. The van der Waals surface area contributed by atoms with E-state index in [9.17, 15) is 4.79 Å². The Kier molecular flexibility index (Phi) is 7.96. The van der Waals surface area contributed by atoms with Crippen LogP contribution in [-0.4, -0.2) is 19.0 Å².